The minimum atomic E-state index is 0.0572. The number of hydrogen-bond donors (Lipinski definition) is 2. The smallest absolute Gasteiger partial charge is 0.191 e. The summed E-state index contributed by atoms with van der Waals surface area (Å²) in [4.78, 5) is 8.96. The number of thioether (sulfide) groups is 1. The highest BCUT2D eigenvalue weighted by Crippen LogP contribution is 2.33. The first kappa shape index (κ1) is 21.0. The highest BCUT2D eigenvalue weighted by molar-refractivity contribution is 7.99. The van der Waals surface area contributed by atoms with Crippen LogP contribution in [0, 0.1) is 0 Å². The summed E-state index contributed by atoms with van der Waals surface area (Å²) in [7, 11) is 0. The van der Waals surface area contributed by atoms with E-state index in [4.69, 9.17) is 9.73 Å². The second-order valence-corrected chi connectivity index (χ2v) is 10.1. The highest BCUT2D eigenvalue weighted by atomic mass is 32.2. The SMILES string of the molecule is CCNC(=NCC(C)(C)c1cccs1)NCC1(N2CCOCC2)CCSC1. The van der Waals surface area contributed by atoms with Crippen LogP contribution in [-0.2, 0) is 10.2 Å². The molecule has 3 heterocycles. The zero-order chi connectivity index (χ0) is 19.2. The third-order valence-electron chi connectivity index (χ3n) is 5.51. The van der Waals surface area contributed by atoms with E-state index in [-0.39, 0.29) is 11.0 Å². The summed E-state index contributed by atoms with van der Waals surface area (Å²) >= 11 is 3.89. The molecule has 0 amide bonds. The fourth-order valence-corrected chi connectivity index (χ4v) is 6.07. The number of nitrogens with one attached hydrogen (secondary N) is 2. The van der Waals surface area contributed by atoms with Crippen molar-refractivity contribution in [2.75, 3.05) is 57.4 Å². The molecule has 0 radical (unpaired) electrons. The van der Waals surface area contributed by atoms with Crippen molar-refractivity contribution in [3.63, 3.8) is 0 Å². The second-order valence-electron chi connectivity index (χ2n) is 8.04. The van der Waals surface area contributed by atoms with Crippen molar-refractivity contribution in [3.8, 4) is 0 Å². The molecule has 2 N–H and O–H groups in total. The fraction of sp³-hybridized carbons (Fsp3) is 0.750. The van der Waals surface area contributed by atoms with Crippen molar-refractivity contribution in [1.82, 2.24) is 15.5 Å². The van der Waals surface area contributed by atoms with E-state index >= 15 is 0 Å². The molecule has 0 bridgehead atoms. The maximum Gasteiger partial charge on any atom is 0.191 e. The highest BCUT2D eigenvalue weighted by Gasteiger charge is 2.40. The molecule has 1 atom stereocenters. The van der Waals surface area contributed by atoms with Crippen LogP contribution < -0.4 is 10.6 Å². The van der Waals surface area contributed by atoms with Gasteiger partial charge in [0.2, 0.25) is 0 Å². The lowest BCUT2D eigenvalue weighted by Gasteiger charge is -2.43. The van der Waals surface area contributed by atoms with Gasteiger partial charge in [-0.15, -0.1) is 11.3 Å². The average Bonchev–Trinajstić information content (AvgIpc) is 3.38. The van der Waals surface area contributed by atoms with Gasteiger partial charge in [0.05, 0.1) is 19.8 Å². The average molecular weight is 411 g/mol. The molecule has 1 aromatic heterocycles. The van der Waals surface area contributed by atoms with Crippen LogP contribution in [-0.4, -0.2) is 73.8 Å². The van der Waals surface area contributed by atoms with Gasteiger partial charge < -0.3 is 15.4 Å². The van der Waals surface area contributed by atoms with Crippen LogP contribution in [0.4, 0.5) is 0 Å². The Morgan fingerprint density at radius 3 is 2.78 bits per heavy atom. The monoisotopic (exact) mass is 410 g/mol. The van der Waals surface area contributed by atoms with E-state index in [1.807, 2.05) is 11.3 Å². The third-order valence-corrected chi connectivity index (χ3v) is 7.98. The van der Waals surface area contributed by atoms with Gasteiger partial charge in [0.1, 0.15) is 0 Å². The van der Waals surface area contributed by atoms with Crippen molar-refractivity contribution in [1.29, 1.82) is 0 Å². The van der Waals surface area contributed by atoms with Crippen molar-refractivity contribution in [2.24, 2.45) is 4.99 Å². The van der Waals surface area contributed by atoms with Gasteiger partial charge >= 0.3 is 0 Å². The van der Waals surface area contributed by atoms with E-state index in [2.05, 4.69) is 65.6 Å². The molecule has 152 valence electrons. The molecule has 5 nitrogen and oxygen atoms in total. The van der Waals surface area contributed by atoms with Crippen LogP contribution in [0.25, 0.3) is 0 Å². The second kappa shape index (κ2) is 9.63. The van der Waals surface area contributed by atoms with Gasteiger partial charge in [-0.1, -0.05) is 19.9 Å². The molecule has 2 aliphatic heterocycles. The van der Waals surface area contributed by atoms with E-state index < -0.39 is 0 Å². The maximum atomic E-state index is 5.58. The van der Waals surface area contributed by atoms with E-state index in [0.29, 0.717) is 0 Å². The number of hydrogen-bond acceptors (Lipinski definition) is 5. The lowest BCUT2D eigenvalue weighted by Crippen LogP contribution is -2.60. The normalized spacial score (nSPS) is 24.9. The number of thiophene rings is 1. The van der Waals surface area contributed by atoms with E-state index in [9.17, 15) is 0 Å². The van der Waals surface area contributed by atoms with Crippen LogP contribution in [0.5, 0.6) is 0 Å². The van der Waals surface area contributed by atoms with Crippen LogP contribution in [0.2, 0.25) is 0 Å². The Kier molecular flexibility index (Phi) is 7.48. The Balaban J connectivity index is 1.64. The first-order valence-electron chi connectivity index (χ1n) is 10.0. The Labute approximate surface area is 172 Å². The lowest BCUT2D eigenvalue weighted by molar-refractivity contribution is -0.0120. The van der Waals surface area contributed by atoms with Crippen molar-refractivity contribution in [2.45, 2.75) is 38.1 Å². The molecule has 2 saturated heterocycles. The van der Waals surface area contributed by atoms with E-state index in [0.717, 1.165) is 51.9 Å². The van der Waals surface area contributed by atoms with Crippen molar-refractivity contribution in [3.05, 3.63) is 22.4 Å². The van der Waals surface area contributed by atoms with E-state index in [1.54, 1.807) is 0 Å². The third kappa shape index (κ3) is 5.40. The molecule has 2 fully saturated rings. The molecule has 3 rings (SSSR count). The van der Waals surface area contributed by atoms with Crippen molar-refractivity contribution < 1.29 is 4.74 Å². The standard InChI is InChI=1S/C20H34N4OS2/c1-4-21-18(22-14-19(2,3)17-6-5-12-27-17)23-15-20(7-13-26-16-20)24-8-10-25-11-9-24/h5-6,12H,4,7-11,13-16H2,1-3H3,(H2,21,22,23). The van der Waals surface area contributed by atoms with Crippen LogP contribution in [0.1, 0.15) is 32.1 Å². The molecule has 7 heteroatoms. The summed E-state index contributed by atoms with van der Waals surface area (Å²) in [5.41, 5.74) is 0.287. The van der Waals surface area contributed by atoms with Crippen molar-refractivity contribution >= 4 is 29.1 Å². The molecule has 2 aliphatic rings. The summed E-state index contributed by atoms with van der Waals surface area (Å²) in [5, 5.41) is 9.25. The first-order chi connectivity index (χ1) is 13.1. The molecule has 0 aliphatic carbocycles. The number of morpholine rings is 1. The van der Waals surface area contributed by atoms with Gasteiger partial charge in [0.15, 0.2) is 5.96 Å². The Hall–Kier alpha value is -0.760. The Morgan fingerprint density at radius 1 is 1.33 bits per heavy atom. The summed E-state index contributed by atoms with van der Waals surface area (Å²) in [6.07, 6.45) is 1.24. The summed E-state index contributed by atoms with van der Waals surface area (Å²) in [6, 6.07) is 4.34. The zero-order valence-corrected chi connectivity index (χ0v) is 18.6. The molecule has 0 spiro atoms. The minimum Gasteiger partial charge on any atom is -0.379 e. The predicted octanol–water partition coefficient (Wildman–Crippen LogP) is 2.79. The number of ether oxygens (including phenoxy) is 1. The number of aliphatic imine (C=N–C) groups is 1. The summed E-state index contributed by atoms with van der Waals surface area (Å²) in [6.45, 7) is 13.1. The van der Waals surface area contributed by atoms with Crippen LogP contribution >= 0.6 is 23.1 Å². The van der Waals surface area contributed by atoms with Gasteiger partial charge in [-0.3, -0.25) is 9.89 Å². The Morgan fingerprint density at radius 2 is 2.15 bits per heavy atom. The summed E-state index contributed by atoms with van der Waals surface area (Å²) < 4.78 is 5.58. The Bertz CT molecular complexity index is 591. The number of rotatable bonds is 7. The largest absolute Gasteiger partial charge is 0.379 e. The molecule has 0 aromatic carbocycles. The minimum absolute atomic E-state index is 0.0572. The van der Waals surface area contributed by atoms with Crippen LogP contribution in [0.3, 0.4) is 0 Å². The first-order valence-corrected chi connectivity index (χ1v) is 12.1. The van der Waals surface area contributed by atoms with Gasteiger partial charge in [0, 0.05) is 47.8 Å². The van der Waals surface area contributed by atoms with Gasteiger partial charge in [-0.2, -0.15) is 11.8 Å². The zero-order valence-electron chi connectivity index (χ0n) is 16.9. The molecule has 27 heavy (non-hydrogen) atoms. The van der Waals surface area contributed by atoms with Gasteiger partial charge in [-0.05, 0) is 30.5 Å². The molecule has 1 unspecified atom stereocenters. The predicted molar refractivity (Wildman–Crippen MR) is 118 cm³/mol. The molecular weight excluding hydrogens is 376 g/mol. The number of guanidine groups is 1. The molecule has 1 aromatic rings. The molecule has 0 saturated carbocycles. The van der Waals surface area contributed by atoms with Gasteiger partial charge in [-0.25, -0.2) is 0 Å². The summed E-state index contributed by atoms with van der Waals surface area (Å²) in [5.74, 6) is 3.38. The van der Waals surface area contributed by atoms with E-state index in [1.165, 1.54) is 22.8 Å². The maximum absolute atomic E-state index is 5.58. The topological polar surface area (TPSA) is 48.9 Å². The number of nitrogens with zero attached hydrogens (tertiary/aromatic N) is 2. The lowest BCUT2D eigenvalue weighted by atomic mass is 9.92. The quantitative estimate of drug-likeness (QED) is 0.535. The van der Waals surface area contributed by atoms with Crippen LogP contribution in [0.15, 0.2) is 22.5 Å². The molecular formula is C20H34N4OS2. The fourth-order valence-electron chi connectivity index (χ4n) is 3.74. The van der Waals surface area contributed by atoms with Gasteiger partial charge in [0.25, 0.3) is 0 Å².